The Hall–Kier alpha value is -2.77. The Morgan fingerprint density at radius 3 is 2.45 bits per heavy atom. The van der Waals surface area contributed by atoms with Crippen molar-refractivity contribution in [1.82, 2.24) is 29.5 Å². The number of hydrogen-bond acceptors (Lipinski definition) is 5. The number of rotatable bonds is 4. The molecule has 2 unspecified atom stereocenters. The summed E-state index contributed by atoms with van der Waals surface area (Å²) in [6.07, 6.45) is 3.79. The van der Waals surface area contributed by atoms with Crippen LogP contribution in [0.3, 0.4) is 0 Å². The molecule has 0 radical (unpaired) electrons. The van der Waals surface area contributed by atoms with Crippen LogP contribution in [0.25, 0.3) is 17.3 Å². The van der Waals surface area contributed by atoms with Crippen molar-refractivity contribution in [3.05, 3.63) is 35.7 Å². The molecule has 0 amide bonds. The molecule has 0 aliphatic heterocycles. The van der Waals surface area contributed by atoms with Gasteiger partial charge in [-0.2, -0.15) is 14.8 Å². The maximum Gasteiger partial charge on any atom is 0.250 e. The number of hydrogen-bond donors (Lipinski definition) is 0. The van der Waals surface area contributed by atoms with Crippen molar-refractivity contribution in [2.45, 2.75) is 31.6 Å². The van der Waals surface area contributed by atoms with E-state index in [0.717, 1.165) is 11.7 Å². The summed E-state index contributed by atoms with van der Waals surface area (Å²) in [7, 11) is 5.54. The number of halogens is 1. The van der Waals surface area contributed by atoms with Gasteiger partial charge in [0.25, 0.3) is 5.95 Å². The van der Waals surface area contributed by atoms with Crippen LogP contribution in [-0.2, 0) is 12.5 Å². The van der Waals surface area contributed by atoms with E-state index in [1.54, 1.807) is 15.6 Å². The molecule has 4 fully saturated rings. The second kappa shape index (κ2) is 5.43. The smallest absolute Gasteiger partial charge is 0.250 e. The molecular formula is C21H24FN7. The summed E-state index contributed by atoms with van der Waals surface area (Å²) in [6.45, 7) is 1.88. The van der Waals surface area contributed by atoms with Gasteiger partial charge in [-0.25, -0.2) is 14.1 Å². The highest BCUT2D eigenvalue weighted by molar-refractivity contribution is 5.61. The fourth-order valence-electron chi connectivity index (χ4n) is 6.11. The lowest BCUT2D eigenvalue weighted by Crippen LogP contribution is -2.18. The van der Waals surface area contributed by atoms with Crippen LogP contribution < -0.4 is 4.90 Å². The molecule has 2 heterocycles. The van der Waals surface area contributed by atoms with Crippen molar-refractivity contribution in [2.75, 3.05) is 19.0 Å². The van der Waals surface area contributed by atoms with E-state index in [1.165, 1.54) is 25.3 Å². The Balaban J connectivity index is 1.51. The topological polar surface area (TPSA) is 64.7 Å². The van der Waals surface area contributed by atoms with Crippen molar-refractivity contribution in [1.29, 1.82) is 0 Å². The van der Waals surface area contributed by atoms with Crippen molar-refractivity contribution < 1.29 is 4.39 Å². The largest absolute Gasteiger partial charge is 0.375 e. The fraction of sp³-hybridized carbons (Fsp3) is 0.524. The summed E-state index contributed by atoms with van der Waals surface area (Å²) in [5, 5.41) is 9.21. The van der Waals surface area contributed by atoms with Gasteiger partial charge in [0.2, 0.25) is 0 Å². The summed E-state index contributed by atoms with van der Waals surface area (Å²) in [5.41, 5.74) is 1.36. The van der Waals surface area contributed by atoms with Crippen molar-refractivity contribution in [3.8, 4) is 17.3 Å². The van der Waals surface area contributed by atoms with Crippen LogP contribution >= 0.6 is 0 Å². The molecule has 1 aromatic carbocycles. The molecule has 0 N–H and O–H groups in total. The number of anilines is 1. The summed E-state index contributed by atoms with van der Waals surface area (Å²) in [5.74, 6) is 4.88. The lowest BCUT2D eigenvalue weighted by Gasteiger charge is -2.13. The molecule has 4 aliphatic carbocycles. The predicted molar refractivity (Wildman–Crippen MR) is 106 cm³/mol. The lowest BCUT2D eigenvalue weighted by molar-refractivity contribution is 0.556. The highest BCUT2D eigenvalue weighted by Crippen LogP contribution is 2.79. The standard InChI is InChI=1S/C21H24FN7/c1-11-23-20(28(4)25-11)29-19(21-10-12-7-14(21)15(21)8-12)24-18(26-29)13-5-6-17(27(2)3)16(22)9-13/h5-6,9,12,14-15H,7-8,10H2,1-4H3. The molecule has 4 saturated carbocycles. The van der Waals surface area contributed by atoms with Crippen LogP contribution in [0.5, 0.6) is 0 Å². The van der Waals surface area contributed by atoms with Gasteiger partial charge in [0.15, 0.2) is 5.82 Å². The molecule has 8 heteroatoms. The number of aryl methyl sites for hydroxylation is 2. The second-order valence-corrected chi connectivity index (χ2v) is 9.11. The molecule has 0 saturated heterocycles. The van der Waals surface area contributed by atoms with Gasteiger partial charge in [0, 0.05) is 32.1 Å². The van der Waals surface area contributed by atoms with E-state index in [0.29, 0.717) is 40.7 Å². The quantitative estimate of drug-likeness (QED) is 0.682. The number of nitrogens with zero attached hydrogens (tertiary/aromatic N) is 7. The van der Waals surface area contributed by atoms with Gasteiger partial charge in [0.05, 0.1) is 5.69 Å². The molecule has 29 heavy (non-hydrogen) atoms. The average Bonchev–Trinajstić information content (AvgIpc) is 3.31. The normalized spacial score (nSPS) is 28.9. The molecule has 2 aromatic heterocycles. The van der Waals surface area contributed by atoms with Gasteiger partial charge in [-0.3, -0.25) is 0 Å². The molecule has 4 aliphatic rings. The minimum atomic E-state index is -0.273. The molecule has 7 rings (SSSR count). The van der Waals surface area contributed by atoms with Crippen LogP contribution in [-0.4, -0.2) is 43.6 Å². The Labute approximate surface area is 168 Å². The fourth-order valence-corrected chi connectivity index (χ4v) is 6.11. The van der Waals surface area contributed by atoms with E-state index < -0.39 is 0 Å². The van der Waals surface area contributed by atoms with Crippen molar-refractivity contribution in [2.24, 2.45) is 24.8 Å². The molecular weight excluding hydrogens is 369 g/mol. The van der Waals surface area contributed by atoms with Crippen LogP contribution in [0.15, 0.2) is 18.2 Å². The van der Waals surface area contributed by atoms with Crippen LogP contribution in [0.2, 0.25) is 0 Å². The van der Waals surface area contributed by atoms with Crippen LogP contribution in [0.1, 0.15) is 30.9 Å². The third kappa shape index (κ3) is 2.17. The van der Waals surface area contributed by atoms with Gasteiger partial charge in [-0.05, 0) is 62.1 Å². The first-order chi connectivity index (χ1) is 13.9. The molecule has 4 bridgehead atoms. The van der Waals surface area contributed by atoms with Gasteiger partial charge >= 0.3 is 0 Å². The minimum Gasteiger partial charge on any atom is -0.375 e. The molecule has 7 nitrogen and oxygen atoms in total. The Kier molecular flexibility index (Phi) is 3.21. The van der Waals surface area contributed by atoms with Gasteiger partial charge in [-0.15, -0.1) is 5.10 Å². The van der Waals surface area contributed by atoms with Crippen molar-refractivity contribution >= 4 is 5.69 Å². The van der Waals surface area contributed by atoms with E-state index in [1.807, 2.05) is 38.8 Å². The first-order valence-corrected chi connectivity index (χ1v) is 10.2. The SMILES string of the molecule is Cc1nc(-n2nc(-c3ccc(N(C)C)c(F)c3)nc2C23CC4CC2C3C4)n(C)n1. The van der Waals surface area contributed by atoms with E-state index >= 15 is 0 Å². The van der Waals surface area contributed by atoms with Gasteiger partial charge in [0.1, 0.15) is 17.5 Å². The zero-order chi connectivity index (χ0) is 20.1. The highest BCUT2D eigenvalue weighted by atomic mass is 19.1. The predicted octanol–water partition coefficient (Wildman–Crippen LogP) is 2.87. The molecule has 0 spiro atoms. The first-order valence-electron chi connectivity index (χ1n) is 10.2. The first kappa shape index (κ1) is 17.1. The van der Waals surface area contributed by atoms with E-state index in [9.17, 15) is 4.39 Å². The third-order valence-corrected chi connectivity index (χ3v) is 7.25. The summed E-state index contributed by atoms with van der Waals surface area (Å²) in [6, 6.07) is 5.19. The van der Waals surface area contributed by atoms with E-state index in [4.69, 9.17) is 10.1 Å². The monoisotopic (exact) mass is 393 g/mol. The molecule has 150 valence electrons. The number of aromatic nitrogens is 6. The minimum absolute atomic E-state index is 0.123. The van der Waals surface area contributed by atoms with Crippen LogP contribution in [0, 0.1) is 30.5 Å². The highest BCUT2D eigenvalue weighted by Gasteiger charge is 2.77. The average molecular weight is 393 g/mol. The Bertz CT molecular complexity index is 1130. The zero-order valence-corrected chi connectivity index (χ0v) is 17.1. The zero-order valence-electron chi connectivity index (χ0n) is 17.1. The van der Waals surface area contributed by atoms with Crippen LogP contribution in [0.4, 0.5) is 10.1 Å². The Morgan fingerprint density at radius 2 is 1.90 bits per heavy atom. The van der Waals surface area contributed by atoms with Gasteiger partial charge < -0.3 is 4.90 Å². The number of benzene rings is 1. The second-order valence-electron chi connectivity index (χ2n) is 9.11. The van der Waals surface area contributed by atoms with E-state index in [2.05, 4.69) is 10.1 Å². The summed E-state index contributed by atoms with van der Waals surface area (Å²) < 4.78 is 18.2. The Morgan fingerprint density at radius 1 is 1.14 bits per heavy atom. The third-order valence-electron chi connectivity index (χ3n) is 7.25. The summed E-state index contributed by atoms with van der Waals surface area (Å²) >= 11 is 0. The van der Waals surface area contributed by atoms with Crippen molar-refractivity contribution in [3.63, 3.8) is 0 Å². The van der Waals surface area contributed by atoms with Gasteiger partial charge in [-0.1, -0.05) is 0 Å². The summed E-state index contributed by atoms with van der Waals surface area (Å²) in [4.78, 5) is 11.3. The molecule has 3 aromatic rings. The lowest BCUT2D eigenvalue weighted by atomic mass is 10.0. The maximum atomic E-state index is 14.6. The maximum absolute atomic E-state index is 14.6. The van der Waals surface area contributed by atoms with E-state index in [-0.39, 0.29) is 11.2 Å². The molecule has 2 atom stereocenters.